The maximum Gasteiger partial charge on any atom is 0.222 e. The number of rotatable bonds is 2. The number of carbonyl (C=O) groups is 1. The molecule has 1 fully saturated rings. The molecular weight excluding hydrogens is 228 g/mol. The summed E-state index contributed by atoms with van der Waals surface area (Å²) in [5.74, 6) is 1.41. The summed E-state index contributed by atoms with van der Waals surface area (Å²) < 4.78 is 0. The molecule has 1 saturated heterocycles. The predicted molar refractivity (Wildman–Crippen MR) is 70.6 cm³/mol. The van der Waals surface area contributed by atoms with Crippen molar-refractivity contribution in [3.8, 4) is 0 Å². The van der Waals surface area contributed by atoms with Crippen molar-refractivity contribution in [2.24, 2.45) is 0 Å². The number of hydrogen-bond donors (Lipinski definition) is 1. The lowest BCUT2D eigenvalue weighted by Gasteiger charge is -2.27. The lowest BCUT2D eigenvalue weighted by Crippen LogP contribution is -2.35. The van der Waals surface area contributed by atoms with Gasteiger partial charge in [-0.15, -0.1) is 0 Å². The number of amides is 1. The number of aromatic nitrogens is 2. The van der Waals surface area contributed by atoms with Crippen molar-refractivity contribution in [1.82, 2.24) is 15.3 Å². The summed E-state index contributed by atoms with van der Waals surface area (Å²) in [4.78, 5) is 22.3. The highest BCUT2D eigenvalue weighted by molar-refractivity contribution is 5.77. The van der Waals surface area contributed by atoms with Gasteiger partial charge in [-0.2, -0.15) is 0 Å². The van der Waals surface area contributed by atoms with Gasteiger partial charge < -0.3 is 10.2 Å². The van der Waals surface area contributed by atoms with Crippen LogP contribution in [0, 0.1) is 0 Å². The van der Waals surface area contributed by atoms with E-state index in [1.54, 1.807) is 6.33 Å². The normalized spacial score (nSPS) is 20.8. The fourth-order valence-corrected chi connectivity index (χ4v) is 2.16. The molecule has 5 heteroatoms. The van der Waals surface area contributed by atoms with Gasteiger partial charge in [0.1, 0.15) is 12.1 Å². The molecule has 0 aromatic carbocycles. The second kappa shape index (κ2) is 5.33. The van der Waals surface area contributed by atoms with Crippen LogP contribution >= 0.6 is 0 Å². The van der Waals surface area contributed by atoms with Gasteiger partial charge in [-0.25, -0.2) is 9.97 Å². The third kappa shape index (κ3) is 2.78. The average Bonchev–Trinajstić information content (AvgIpc) is 2.50. The summed E-state index contributed by atoms with van der Waals surface area (Å²) >= 11 is 0. The van der Waals surface area contributed by atoms with E-state index in [0.29, 0.717) is 18.9 Å². The van der Waals surface area contributed by atoms with Crippen LogP contribution in [-0.2, 0) is 4.79 Å². The maximum atomic E-state index is 11.5. The Hall–Kier alpha value is -1.65. The van der Waals surface area contributed by atoms with Gasteiger partial charge in [0.05, 0.1) is 0 Å². The van der Waals surface area contributed by atoms with Crippen LogP contribution < -0.4 is 10.2 Å². The molecule has 0 spiro atoms. The third-order valence-corrected chi connectivity index (χ3v) is 3.25. The second-order valence-corrected chi connectivity index (χ2v) is 5.05. The first-order chi connectivity index (χ1) is 8.58. The van der Waals surface area contributed by atoms with Gasteiger partial charge in [0, 0.05) is 37.3 Å². The first-order valence-corrected chi connectivity index (χ1v) is 6.43. The minimum atomic E-state index is 0.114. The molecule has 98 valence electrons. The molecule has 0 saturated carbocycles. The molecule has 1 aromatic rings. The Bertz CT molecular complexity index is 433. The lowest BCUT2D eigenvalue weighted by atomic mass is 10.1. The number of anilines is 1. The van der Waals surface area contributed by atoms with Gasteiger partial charge in [0.25, 0.3) is 0 Å². The maximum absolute atomic E-state index is 11.5. The van der Waals surface area contributed by atoms with Crippen molar-refractivity contribution < 1.29 is 4.79 Å². The largest absolute Gasteiger partial charge is 0.354 e. The van der Waals surface area contributed by atoms with Crippen LogP contribution in [0.3, 0.4) is 0 Å². The van der Waals surface area contributed by atoms with Gasteiger partial charge in [-0.1, -0.05) is 13.8 Å². The Morgan fingerprint density at radius 2 is 2.22 bits per heavy atom. The van der Waals surface area contributed by atoms with Crippen LogP contribution in [0.15, 0.2) is 12.4 Å². The highest BCUT2D eigenvalue weighted by Crippen LogP contribution is 2.20. The SMILES string of the molecule is CC(C)c1cc(N2CCNC(=O)C[C@H]2C)ncn1. The molecule has 1 N–H and O–H groups in total. The Balaban J connectivity index is 2.24. The van der Waals surface area contributed by atoms with E-state index in [0.717, 1.165) is 18.1 Å². The highest BCUT2D eigenvalue weighted by Gasteiger charge is 2.22. The van der Waals surface area contributed by atoms with Gasteiger partial charge in [0.2, 0.25) is 5.91 Å². The number of carbonyl (C=O) groups excluding carboxylic acids is 1. The summed E-state index contributed by atoms with van der Waals surface area (Å²) in [5.41, 5.74) is 1.04. The standard InChI is InChI=1S/C13H20N4O/c1-9(2)11-7-12(16-8-15-11)17-5-4-14-13(18)6-10(17)3/h7-10H,4-6H2,1-3H3,(H,14,18)/t10-/m1/s1. The molecule has 2 heterocycles. The first-order valence-electron chi connectivity index (χ1n) is 6.43. The smallest absolute Gasteiger partial charge is 0.222 e. The fourth-order valence-electron chi connectivity index (χ4n) is 2.16. The average molecular weight is 248 g/mol. The van der Waals surface area contributed by atoms with E-state index in [2.05, 4.69) is 41.0 Å². The zero-order valence-electron chi connectivity index (χ0n) is 11.2. The summed E-state index contributed by atoms with van der Waals surface area (Å²) in [7, 11) is 0. The van der Waals surface area contributed by atoms with Crippen molar-refractivity contribution >= 4 is 11.7 Å². The monoisotopic (exact) mass is 248 g/mol. The minimum absolute atomic E-state index is 0.114. The van der Waals surface area contributed by atoms with E-state index in [1.165, 1.54) is 0 Å². The van der Waals surface area contributed by atoms with Crippen LogP contribution in [0.5, 0.6) is 0 Å². The van der Waals surface area contributed by atoms with Crippen molar-refractivity contribution in [3.05, 3.63) is 18.1 Å². The molecule has 0 bridgehead atoms. The van der Waals surface area contributed by atoms with Gasteiger partial charge in [-0.05, 0) is 12.8 Å². The highest BCUT2D eigenvalue weighted by atomic mass is 16.1. The molecule has 1 aliphatic rings. The van der Waals surface area contributed by atoms with Crippen LogP contribution in [0.1, 0.15) is 38.8 Å². The summed E-state index contributed by atoms with van der Waals surface area (Å²) in [6.07, 6.45) is 2.12. The van der Waals surface area contributed by atoms with E-state index in [9.17, 15) is 4.79 Å². The van der Waals surface area contributed by atoms with E-state index in [4.69, 9.17) is 0 Å². The molecule has 0 aliphatic carbocycles. The molecule has 1 aromatic heterocycles. The number of hydrogen-bond acceptors (Lipinski definition) is 4. The fraction of sp³-hybridized carbons (Fsp3) is 0.615. The molecule has 1 aliphatic heterocycles. The van der Waals surface area contributed by atoms with Crippen LogP contribution in [0.2, 0.25) is 0 Å². The van der Waals surface area contributed by atoms with Gasteiger partial charge in [-0.3, -0.25) is 4.79 Å². The predicted octanol–water partition coefficient (Wildman–Crippen LogP) is 1.31. The van der Waals surface area contributed by atoms with Crippen LogP contribution in [0.4, 0.5) is 5.82 Å². The first kappa shape index (κ1) is 12.8. The summed E-state index contributed by atoms with van der Waals surface area (Å²) in [5, 5.41) is 2.89. The topological polar surface area (TPSA) is 58.1 Å². The molecule has 0 unspecified atom stereocenters. The summed E-state index contributed by atoms with van der Waals surface area (Å²) in [6, 6.07) is 2.19. The Morgan fingerprint density at radius 3 is 2.94 bits per heavy atom. The van der Waals surface area contributed by atoms with Crippen LogP contribution in [0.25, 0.3) is 0 Å². The lowest BCUT2D eigenvalue weighted by molar-refractivity contribution is -0.120. The number of nitrogens with one attached hydrogen (secondary N) is 1. The van der Waals surface area contributed by atoms with E-state index < -0.39 is 0 Å². The van der Waals surface area contributed by atoms with Crippen molar-refractivity contribution in [3.63, 3.8) is 0 Å². The minimum Gasteiger partial charge on any atom is -0.354 e. The van der Waals surface area contributed by atoms with Gasteiger partial charge in [0.15, 0.2) is 0 Å². The van der Waals surface area contributed by atoms with E-state index >= 15 is 0 Å². The third-order valence-electron chi connectivity index (χ3n) is 3.25. The molecule has 5 nitrogen and oxygen atoms in total. The molecule has 1 atom stereocenters. The molecule has 18 heavy (non-hydrogen) atoms. The quantitative estimate of drug-likeness (QED) is 0.857. The molecule has 1 amide bonds. The summed E-state index contributed by atoms with van der Waals surface area (Å²) in [6.45, 7) is 7.75. The zero-order chi connectivity index (χ0) is 13.1. The molecule has 0 radical (unpaired) electrons. The Labute approximate surface area is 108 Å². The van der Waals surface area contributed by atoms with E-state index in [1.807, 2.05) is 6.07 Å². The zero-order valence-corrected chi connectivity index (χ0v) is 11.2. The van der Waals surface area contributed by atoms with Crippen LogP contribution in [-0.4, -0.2) is 35.0 Å². The van der Waals surface area contributed by atoms with Gasteiger partial charge >= 0.3 is 0 Å². The number of nitrogens with zero attached hydrogens (tertiary/aromatic N) is 3. The van der Waals surface area contributed by atoms with Crippen molar-refractivity contribution in [2.45, 2.75) is 39.2 Å². The Morgan fingerprint density at radius 1 is 1.44 bits per heavy atom. The Kier molecular flexibility index (Phi) is 3.79. The molecule has 2 rings (SSSR count). The van der Waals surface area contributed by atoms with E-state index in [-0.39, 0.29) is 11.9 Å². The second-order valence-electron chi connectivity index (χ2n) is 5.05. The molecular formula is C13H20N4O. The van der Waals surface area contributed by atoms with Crippen molar-refractivity contribution in [2.75, 3.05) is 18.0 Å². The van der Waals surface area contributed by atoms with Crippen molar-refractivity contribution in [1.29, 1.82) is 0 Å².